The van der Waals surface area contributed by atoms with E-state index in [1.165, 1.54) is 19.4 Å². The molecule has 0 heterocycles. The minimum atomic E-state index is 0.569. The molecule has 0 saturated heterocycles. The van der Waals surface area contributed by atoms with Crippen LogP contribution in [-0.2, 0) is 0 Å². The van der Waals surface area contributed by atoms with Gasteiger partial charge in [-0.05, 0) is 39.2 Å². The van der Waals surface area contributed by atoms with Crippen molar-refractivity contribution in [1.29, 1.82) is 0 Å². The largest absolute Gasteiger partial charge is 0.313 e. The zero-order valence-corrected chi connectivity index (χ0v) is 13.1. The van der Waals surface area contributed by atoms with Crippen LogP contribution >= 0.6 is 0 Å². The average Bonchev–Trinajstić information content (AvgIpc) is 2.28. The van der Waals surface area contributed by atoms with Gasteiger partial charge in [-0.3, -0.25) is 4.90 Å². The summed E-state index contributed by atoms with van der Waals surface area (Å²) in [5.41, 5.74) is 0. The molecule has 0 spiro atoms. The molecule has 104 valence electrons. The zero-order valence-electron chi connectivity index (χ0n) is 13.1. The molecule has 0 aromatic carbocycles. The molecule has 2 heteroatoms. The molecule has 0 bridgehead atoms. The molecule has 0 aliphatic heterocycles. The summed E-state index contributed by atoms with van der Waals surface area (Å²) >= 11 is 0. The number of hydrogen-bond donors (Lipinski definition) is 1. The minimum absolute atomic E-state index is 0.569. The van der Waals surface area contributed by atoms with E-state index < -0.39 is 0 Å². The van der Waals surface area contributed by atoms with E-state index in [-0.39, 0.29) is 0 Å². The first-order valence-corrected chi connectivity index (χ1v) is 7.46. The van der Waals surface area contributed by atoms with Crippen LogP contribution in [-0.4, -0.2) is 36.1 Å². The van der Waals surface area contributed by atoms with Crippen molar-refractivity contribution >= 4 is 0 Å². The van der Waals surface area contributed by atoms with Gasteiger partial charge in [0.25, 0.3) is 0 Å². The van der Waals surface area contributed by atoms with Crippen LogP contribution in [0.5, 0.6) is 0 Å². The lowest BCUT2D eigenvalue weighted by Crippen LogP contribution is -2.52. The predicted molar refractivity (Wildman–Crippen MR) is 78.5 cm³/mol. The monoisotopic (exact) mass is 242 g/mol. The van der Waals surface area contributed by atoms with Crippen LogP contribution in [0.25, 0.3) is 0 Å². The molecule has 0 aromatic rings. The van der Waals surface area contributed by atoms with Crippen LogP contribution in [0, 0.1) is 5.92 Å². The number of rotatable bonds is 9. The van der Waals surface area contributed by atoms with Crippen LogP contribution in [0.15, 0.2) is 0 Å². The molecule has 2 unspecified atom stereocenters. The third-order valence-electron chi connectivity index (χ3n) is 3.76. The SMILES string of the molecule is CCNC(C)C(C)N(CC(C)C)C(CC)CC. The van der Waals surface area contributed by atoms with Crippen molar-refractivity contribution in [2.75, 3.05) is 13.1 Å². The van der Waals surface area contributed by atoms with Crippen molar-refractivity contribution in [3.63, 3.8) is 0 Å². The summed E-state index contributed by atoms with van der Waals surface area (Å²) in [6, 6.07) is 1.91. The predicted octanol–water partition coefficient (Wildman–Crippen LogP) is 3.52. The summed E-state index contributed by atoms with van der Waals surface area (Å²) in [5.74, 6) is 0.742. The van der Waals surface area contributed by atoms with E-state index in [0.29, 0.717) is 12.1 Å². The van der Waals surface area contributed by atoms with E-state index in [9.17, 15) is 0 Å². The second-order valence-corrected chi connectivity index (χ2v) is 5.65. The van der Waals surface area contributed by atoms with Gasteiger partial charge in [-0.1, -0.05) is 34.6 Å². The Kier molecular flexibility index (Phi) is 8.89. The number of likely N-dealkylation sites (N-methyl/N-ethyl adjacent to an activating group) is 1. The van der Waals surface area contributed by atoms with Crippen molar-refractivity contribution in [3.8, 4) is 0 Å². The lowest BCUT2D eigenvalue weighted by molar-refractivity contribution is 0.0979. The van der Waals surface area contributed by atoms with Gasteiger partial charge in [0.15, 0.2) is 0 Å². The number of nitrogens with one attached hydrogen (secondary N) is 1. The molecule has 0 aromatic heterocycles. The third kappa shape index (κ3) is 5.87. The number of nitrogens with zero attached hydrogens (tertiary/aromatic N) is 1. The van der Waals surface area contributed by atoms with E-state index in [1.807, 2.05) is 0 Å². The first-order chi connectivity index (χ1) is 7.97. The Labute approximate surface area is 109 Å². The maximum absolute atomic E-state index is 3.56. The van der Waals surface area contributed by atoms with Gasteiger partial charge >= 0.3 is 0 Å². The van der Waals surface area contributed by atoms with Gasteiger partial charge in [0, 0.05) is 24.7 Å². The summed E-state index contributed by atoms with van der Waals surface area (Å²) in [6.45, 7) is 18.4. The highest BCUT2D eigenvalue weighted by atomic mass is 15.2. The molecule has 0 amide bonds. The standard InChI is InChI=1S/C15H34N2/c1-8-15(9-2)17(11-12(4)5)14(7)13(6)16-10-3/h12-16H,8-11H2,1-7H3. The zero-order chi connectivity index (χ0) is 13.4. The van der Waals surface area contributed by atoms with Crippen molar-refractivity contribution < 1.29 is 0 Å². The molecule has 17 heavy (non-hydrogen) atoms. The fourth-order valence-corrected chi connectivity index (χ4v) is 2.61. The summed E-state index contributed by atoms with van der Waals surface area (Å²) in [7, 11) is 0. The first-order valence-electron chi connectivity index (χ1n) is 7.46. The molecular weight excluding hydrogens is 208 g/mol. The molecule has 0 aliphatic carbocycles. The molecule has 0 rings (SSSR count). The topological polar surface area (TPSA) is 15.3 Å². The van der Waals surface area contributed by atoms with Crippen LogP contribution in [0.1, 0.15) is 61.3 Å². The molecular formula is C15H34N2. The Balaban J connectivity index is 4.64. The van der Waals surface area contributed by atoms with E-state index in [2.05, 4.69) is 58.7 Å². The van der Waals surface area contributed by atoms with Crippen LogP contribution in [0.3, 0.4) is 0 Å². The second kappa shape index (κ2) is 8.93. The molecule has 0 radical (unpaired) electrons. The summed E-state index contributed by atoms with van der Waals surface area (Å²) in [5, 5.41) is 3.56. The van der Waals surface area contributed by atoms with Gasteiger partial charge in [-0.25, -0.2) is 0 Å². The number of hydrogen-bond acceptors (Lipinski definition) is 2. The molecule has 0 aliphatic rings. The quantitative estimate of drug-likeness (QED) is 0.665. The van der Waals surface area contributed by atoms with Crippen LogP contribution in [0.2, 0.25) is 0 Å². The third-order valence-corrected chi connectivity index (χ3v) is 3.76. The lowest BCUT2D eigenvalue weighted by Gasteiger charge is -2.40. The molecule has 1 N–H and O–H groups in total. The van der Waals surface area contributed by atoms with E-state index in [4.69, 9.17) is 0 Å². The summed E-state index contributed by atoms with van der Waals surface area (Å²) < 4.78 is 0. The summed E-state index contributed by atoms with van der Waals surface area (Å²) in [6.07, 6.45) is 2.51. The van der Waals surface area contributed by atoms with Gasteiger partial charge in [-0.15, -0.1) is 0 Å². The highest BCUT2D eigenvalue weighted by Gasteiger charge is 2.25. The second-order valence-electron chi connectivity index (χ2n) is 5.65. The van der Waals surface area contributed by atoms with Crippen molar-refractivity contribution in [2.45, 2.75) is 79.4 Å². The first kappa shape index (κ1) is 16.9. The van der Waals surface area contributed by atoms with Gasteiger partial charge in [0.1, 0.15) is 0 Å². The van der Waals surface area contributed by atoms with Crippen molar-refractivity contribution in [3.05, 3.63) is 0 Å². The Morgan fingerprint density at radius 3 is 1.82 bits per heavy atom. The molecule has 2 nitrogen and oxygen atoms in total. The maximum atomic E-state index is 3.56. The molecule has 2 atom stereocenters. The van der Waals surface area contributed by atoms with E-state index >= 15 is 0 Å². The highest BCUT2D eigenvalue weighted by Crippen LogP contribution is 2.17. The van der Waals surface area contributed by atoms with Crippen molar-refractivity contribution in [2.24, 2.45) is 5.92 Å². The average molecular weight is 242 g/mol. The maximum Gasteiger partial charge on any atom is 0.0221 e. The molecule has 0 saturated carbocycles. The fourth-order valence-electron chi connectivity index (χ4n) is 2.61. The van der Waals surface area contributed by atoms with Gasteiger partial charge < -0.3 is 5.32 Å². The van der Waals surface area contributed by atoms with Gasteiger partial charge in [0.2, 0.25) is 0 Å². The van der Waals surface area contributed by atoms with Crippen LogP contribution in [0.4, 0.5) is 0 Å². The van der Waals surface area contributed by atoms with Gasteiger partial charge in [0.05, 0.1) is 0 Å². The Bertz CT molecular complexity index is 176. The summed E-state index contributed by atoms with van der Waals surface area (Å²) in [4.78, 5) is 2.71. The van der Waals surface area contributed by atoms with Gasteiger partial charge in [-0.2, -0.15) is 0 Å². The Morgan fingerprint density at radius 2 is 1.47 bits per heavy atom. The van der Waals surface area contributed by atoms with Crippen molar-refractivity contribution in [1.82, 2.24) is 10.2 Å². The van der Waals surface area contributed by atoms with Crippen LogP contribution < -0.4 is 5.32 Å². The van der Waals surface area contributed by atoms with E-state index in [1.54, 1.807) is 0 Å². The molecule has 0 fully saturated rings. The normalized spacial score (nSPS) is 15.9. The minimum Gasteiger partial charge on any atom is -0.313 e. The lowest BCUT2D eigenvalue weighted by atomic mass is 10.0. The Hall–Kier alpha value is -0.0800. The van der Waals surface area contributed by atoms with E-state index in [0.717, 1.165) is 18.5 Å². The Morgan fingerprint density at radius 1 is 0.941 bits per heavy atom. The fraction of sp³-hybridized carbons (Fsp3) is 1.00. The smallest absolute Gasteiger partial charge is 0.0221 e. The highest BCUT2D eigenvalue weighted by molar-refractivity contribution is 4.82.